The van der Waals surface area contributed by atoms with Crippen LogP contribution in [0.3, 0.4) is 0 Å². The third-order valence-corrected chi connectivity index (χ3v) is 11.1. The second kappa shape index (κ2) is 20.3. The number of alkyl carbamates (subject to hydrolysis) is 4. The van der Waals surface area contributed by atoms with E-state index in [0.717, 1.165) is 12.8 Å². The molecule has 0 radical (unpaired) electrons. The monoisotopic (exact) mass is 850 g/mol. The van der Waals surface area contributed by atoms with E-state index in [1.54, 1.807) is 0 Å². The van der Waals surface area contributed by atoms with E-state index >= 15 is 0 Å². The molecule has 4 amide bonds. The fourth-order valence-electron chi connectivity index (χ4n) is 9.50. The number of fused-ring (bicyclic) bond motifs is 1. The molecule has 4 fully saturated rings. The lowest BCUT2D eigenvalue weighted by Gasteiger charge is -2.46. The molecule has 4 aliphatic rings. The van der Waals surface area contributed by atoms with Gasteiger partial charge in [-0.3, -0.25) is 0 Å². The maximum atomic E-state index is 13.1. The van der Waals surface area contributed by atoms with E-state index in [2.05, 4.69) is 62.1 Å². The molecule has 0 bridgehead atoms. The lowest BCUT2D eigenvalue weighted by Crippen LogP contribution is -2.51. The maximum Gasteiger partial charge on any atom is 0.407 e. The van der Waals surface area contributed by atoms with Gasteiger partial charge >= 0.3 is 36.3 Å². The Kier molecular flexibility index (Phi) is 16.3. The molecule has 18 nitrogen and oxygen atoms in total. The summed E-state index contributed by atoms with van der Waals surface area (Å²) in [5.74, 6) is -1.11. The van der Waals surface area contributed by atoms with E-state index in [-0.39, 0.29) is 84.5 Å². The second-order valence-electron chi connectivity index (χ2n) is 19.1. The Hall–Kier alpha value is -4.58. The molecule has 2 saturated carbocycles. The predicted molar refractivity (Wildman–Crippen MR) is 216 cm³/mol. The molecule has 2 heterocycles. The molecule has 0 spiro atoms. The van der Waals surface area contributed by atoms with Gasteiger partial charge in [-0.25, -0.2) is 28.8 Å². The molecule has 8 atom stereocenters. The van der Waals surface area contributed by atoms with Gasteiger partial charge in [-0.15, -0.1) is 0 Å². The normalized spacial score (nSPS) is 30.0. The first-order valence-corrected chi connectivity index (χ1v) is 20.6. The van der Waals surface area contributed by atoms with Crippen molar-refractivity contribution < 1.29 is 66.7 Å². The third-order valence-electron chi connectivity index (χ3n) is 11.1. The van der Waals surface area contributed by atoms with Gasteiger partial charge in [0.05, 0.1) is 13.2 Å². The van der Waals surface area contributed by atoms with E-state index in [9.17, 15) is 28.8 Å². The number of carbonyl (C=O) groups excluding carboxylic acids is 6. The Bertz CT molecular complexity index is 1500. The number of ether oxygens (including phenoxy) is 8. The van der Waals surface area contributed by atoms with Crippen LogP contribution < -0.4 is 21.3 Å². The minimum Gasteiger partial charge on any atom is -0.459 e. The van der Waals surface area contributed by atoms with Crippen LogP contribution >= 0.6 is 0 Å². The van der Waals surface area contributed by atoms with Gasteiger partial charge in [0.15, 0.2) is 12.2 Å². The SMILES string of the molecule is C=C(C)C(=O)OCCOC(=O)NC1CC(C)(C)CC(C)(CNC(=O)O[C@H]2CO[C@H]3[C@@H]2OC[C@H]3OC(=O)NCC2(C)CC(NC(=O)OCCOC(=O)C(=C)C)CC(C)(C)C2)C1. The number of carbonyl (C=O) groups is 6. The average molecular weight is 851 g/mol. The van der Waals surface area contributed by atoms with Gasteiger partial charge in [0.25, 0.3) is 0 Å². The molecule has 0 aromatic rings. The van der Waals surface area contributed by atoms with Crippen molar-refractivity contribution in [3.63, 3.8) is 0 Å². The number of hydrogen-bond donors (Lipinski definition) is 4. The van der Waals surface area contributed by atoms with E-state index in [4.69, 9.17) is 37.9 Å². The summed E-state index contributed by atoms with van der Waals surface area (Å²) in [6.07, 6.45) is -1.03. The van der Waals surface area contributed by atoms with Gasteiger partial charge < -0.3 is 59.2 Å². The van der Waals surface area contributed by atoms with Gasteiger partial charge in [-0.2, -0.15) is 0 Å². The minimum atomic E-state index is -0.716. The fraction of sp³-hybridized carbons (Fsp3) is 0.762. The largest absolute Gasteiger partial charge is 0.459 e. The molecular formula is C42H66N4O14. The van der Waals surface area contributed by atoms with Crippen LogP contribution in [0.15, 0.2) is 24.3 Å². The number of rotatable bonds is 16. The van der Waals surface area contributed by atoms with Crippen LogP contribution in [0.2, 0.25) is 0 Å². The average Bonchev–Trinajstić information content (AvgIpc) is 3.71. The zero-order valence-electron chi connectivity index (χ0n) is 36.5. The summed E-state index contributed by atoms with van der Waals surface area (Å²) in [6, 6.07) is -0.430. The summed E-state index contributed by atoms with van der Waals surface area (Å²) < 4.78 is 43.6. The van der Waals surface area contributed by atoms with Crippen molar-refractivity contribution in [2.45, 2.75) is 130 Å². The summed E-state index contributed by atoms with van der Waals surface area (Å²) in [6.45, 7) is 23.0. The van der Waals surface area contributed by atoms with Crippen LogP contribution in [-0.2, 0) is 47.5 Å². The molecular weight excluding hydrogens is 784 g/mol. The van der Waals surface area contributed by atoms with E-state index in [1.807, 2.05) is 13.8 Å². The molecule has 4 unspecified atom stereocenters. The van der Waals surface area contributed by atoms with Crippen molar-refractivity contribution in [2.75, 3.05) is 52.7 Å². The highest BCUT2D eigenvalue weighted by atomic mass is 16.7. The lowest BCUT2D eigenvalue weighted by atomic mass is 9.62. The quantitative estimate of drug-likeness (QED) is 0.0707. The number of esters is 2. The van der Waals surface area contributed by atoms with E-state index < -0.39 is 60.7 Å². The van der Waals surface area contributed by atoms with Gasteiger partial charge in [-0.1, -0.05) is 54.7 Å². The maximum absolute atomic E-state index is 13.1. The van der Waals surface area contributed by atoms with Gasteiger partial charge in [0.2, 0.25) is 0 Å². The standard InChI is InChI=1S/C42H66N4O14/c1-25(2)33(47)53-11-13-55-37(51)45-27-15-39(5,6)21-41(9,17-27)23-43-35(49)59-29-19-57-32-30(20-58-31(29)32)60-36(50)44-24-42(10)18-28(16-40(7,8)22-42)46-38(52)56-14-12-54-34(48)26(3)4/h27-32H,1,3,11-24H2,2,4-10H3,(H,43,49)(H,44,50)(H,45,51)(H,46,52)/t27?,28?,29-,30+,31-,32-,41?,42?/m1/s1. The van der Waals surface area contributed by atoms with Crippen molar-refractivity contribution >= 4 is 36.3 Å². The first kappa shape index (κ1) is 48.1. The molecule has 4 N–H and O–H groups in total. The van der Waals surface area contributed by atoms with Crippen LogP contribution in [0.1, 0.15) is 93.9 Å². The van der Waals surface area contributed by atoms with Crippen molar-refractivity contribution in [2.24, 2.45) is 21.7 Å². The van der Waals surface area contributed by atoms with E-state index in [1.165, 1.54) is 13.8 Å². The Balaban J connectivity index is 1.18. The zero-order chi connectivity index (χ0) is 44.5. The topological polar surface area (TPSA) is 224 Å². The van der Waals surface area contributed by atoms with Gasteiger partial charge in [0, 0.05) is 36.3 Å². The first-order chi connectivity index (χ1) is 28.0. The number of nitrogens with one attached hydrogen (secondary N) is 4. The molecule has 0 aromatic carbocycles. The summed E-state index contributed by atoms with van der Waals surface area (Å²) in [7, 11) is 0. The highest BCUT2D eigenvalue weighted by molar-refractivity contribution is 5.87. The summed E-state index contributed by atoms with van der Waals surface area (Å²) in [4.78, 5) is 74.2. The molecule has 338 valence electrons. The zero-order valence-corrected chi connectivity index (χ0v) is 36.5. The van der Waals surface area contributed by atoms with E-state index in [0.29, 0.717) is 38.8 Å². The number of hydrogen-bond acceptors (Lipinski definition) is 14. The van der Waals surface area contributed by atoms with Crippen LogP contribution in [0.25, 0.3) is 0 Å². The minimum absolute atomic E-state index is 0.0681. The molecule has 2 saturated heterocycles. The Morgan fingerprint density at radius 1 is 0.550 bits per heavy atom. The highest BCUT2D eigenvalue weighted by Crippen LogP contribution is 2.47. The molecule has 0 aromatic heterocycles. The first-order valence-electron chi connectivity index (χ1n) is 20.6. The van der Waals surface area contributed by atoms with Crippen LogP contribution in [-0.4, -0.2) is 126 Å². The molecule has 2 aliphatic carbocycles. The van der Waals surface area contributed by atoms with Crippen molar-refractivity contribution in [1.82, 2.24) is 21.3 Å². The van der Waals surface area contributed by atoms with Crippen LogP contribution in [0, 0.1) is 21.7 Å². The lowest BCUT2D eigenvalue weighted by molar-refractivity contribution is -0.140. The second-order valence-corrected chi connectivity index (χ2v) is 19.1. The molecule has 60 heavy (non-hydrogen) atoms. The molecule has 4 rings (SSSR count). The molecule has 18 heteroatoms. The fourth-order valence-corrected chi connectivity index (χ4v) is 9.50. The van der Waals surface area contributed by atoms with Crippen molar-refractivity contribution in [1.29, 1.82) is 0 Å². The summed E-state index contributed by atoms with van der Waals surface area (Å²) in [5.41, 5.74) is -0.534. The highest BCUT2D eigenvalue weighted by Gasteiger charge is 2.52. The van der Waals surface area contributed by atoms with Crippen molar-refractivity contribution in [3.8, 4) is 0 Å². The summed E-state index contributed by atoms with van der Waals surface area (Å²) >= 11 is 0. The smallest absolute Gasteiger partial charge is 0.407 e. The summed E-state index contributed by atoms with van der Waals surface area (Å²) in [5, 5.41) is 11.6. The van der Waals surface area contributed by atoms with Gasteiger partial charge in [0.1, 0.15) is 38.6 Å². The van der Waals surface area contributed by atoms with Gasteiger partial charge in [-0.05, 0) is 74.0 Å². The van der Waals surface area contributed by atoms with Crippen LogP contribution in [0.4, 0.5) is 19.2 Å². The van der Waals surface area contributed by atoms with Crippen molar-refractivity contribution in [3.05, 3.63) is 24.3 Å². The third kappa shape index (κ3) is 14.9. The molecule has 2 aliphatic heterocycles. The van der Waals surface area contributed by atoms with Crippen LogP contribution in [0.5, 0.6) is 0 Å². The Morgan fingerprint density at radius 2 is 0.900 bits per heavy atom. The Morgan fingerprint density at radius 3 is 1.25 bits per heavy atom. The Labute approximate surface area is 352 Å². The predicted octanol–water partition coefficient (Wildman–Crippen LogP) is 4.83. The number of amides is 4.